The number of aromatic nitrogens is 3. The number of fused-ring (bicyclic) bond motifs is 1. The van der Waals surface area contributed by atoms with E-state index >= 15 is 0 Å². The molecule has 0 N–H and O–H groups in total. The summed E-state index contributed by atoms with van der Waals surface area (Å²) >= 11 is 1.63. The summed E-state index contributed by atoms with van der Waals surface area (Å²) < 4.78 is 13.8. The molecular formula is C27H41N5O3SSi. The van der Waals surface area contributed by atoms with Gasteiger partial charge in [-0.25, -0.2) is 14.8 Å². The maximum atomic E-state index is 12.8. The normalized spacial score (nSPS) is 16.8. The van der Waals surface area contributed by atoms with E-state index in [4.69, 9.17) is 14.5 Å². The van der Waals surface area contributed by atoms with Crippen LogP contribution in [0.4, 0.5) is 10.5 Å². The molecule has 0 spiro atoms. The SMILES string of the molecule is CN(C(=O)OC(C)(C)C)[C@H]1CCCN(c2ccnc3c2c(-c2nccs2)cn3COCC[Si](C)(C)C)C1. The van der Waals surface area contributed by atoms with E-state index in [1.165, 1.54) is 0 Å². The van der Waals surface area contributed by atoms with Crippen molar-refractivity contribution in [1.29, 1.82) is 0 Å². The largest absolute Gasteiger partial charge is 0.444 e. The lowest BCUT2D eigenvalue weighted by atomic mass is 10.0. The Labute approximate surface area is 225 Å². The van der Waals surface area contributed by atoms with Crippen molar-refractivity contribution in [1.82, 2.24) is 19.4 Å². The predicted octanol–water partition coefficient (Wildman–Crippen LogP) is 6.31. The first-order valence-electron chi connectivity index (χ1n) is 13.1. The van der Waals surface area contributed by atoms with Gasteiger partial charge in [-0.15, -0.1) is 11.3 Å². The number of carbonyl (C=O) groups excluding carboxylic acids is 1. The van der Waals surface area contributed by atoms with Crippen LogP contribution in [0.15, 0.2) is 30.0 Å². The lowest BCUT2D eigenvalue weighted by Crippen LogP contribution is -2.49. The average Bonchev–Trinajstić information content (AvgIpc) is 3.48. The molecule has 202 valence electrons. The fraction of sp³-hybridized carbons (Fsp3) is 0.593. The third-order valence-corrected chi connectivity index (χ3v) is 9.10. The Hall–Kier alpha value is -2.43. The van der Waals surface area contributed by atoms with Crippen molar-refractivity contribution < 1.29 is 14.3 Å². The van der Waals surface area contributed by atoms with Crippen LogP contribution in [0.1, 0.15) is 33.6 Å². The van der Waals surface area contributed by atoms with Crippen LogP contribution >= 0.6 is 11.3 Å². The molecule has 1 amide bonds. The number of piperidine rings is 1. The number of hydrogen-bond acceptors (Lipinski definition) is 7. The summed E-state index contributed by atoms with van der Waals surface area (Å²) in [7, 11) is 0.689. The summed E-state index contributed by atoms with van der Waals surface area (Å²) in [4.78, 5) is 26.3. The monoisotopic (exact) mass is 543 g/mol. The van der Waals surface area contributed by atoms with Crippen molar-refractivity contribution in [2.45, 2.75) is 77.7 Å². The zero-order valence-electron chi connectivity index (χ0n) is 23.3. The van der Waals surface area contributed by atoms with E-state index in [0.29, 0.717) is 6.73 Å². The van der Waals surface area contributed by atoms with E-state index < -0.39 is 13.7 Å². The van der Waals surface area contributed by atoms with Gasteiger partial charge in [0.2, 0.25) is 0 Å². The Balaban J connectivity index is 1.62. The molecule has 0 saturated carbocycles. The highest BCUT2D eigenvalue weighted by Gasteiger charge is 2.31. The minimum absolute atomic E-state index is 0.0714. The van der Waals surface area contributed by atoms with E-state index in [0.717, 1.165) is 65.9 Å². The zero-order chi connectivity index (χ0) is 26.8. The molecule has 3 aromatic heterocycles. The van der Waals surface area contributed by atoms with Gasteiger partial charge in [0.05, 0.1) is 17.1 Å². The molecule has 8 nitrogen and oxygen atoms in total. The van der Waals surface area contributed by atoms with Gasteiger partial charge >= 0.3 is 6.09 Å². The number of amides is 1. The molecule has 4 rings (SSSR count). The van der Waals surface area contributed by atoms with Crippen LogP contribution < -0.4 is 4.90 Å². The van der Waals surface area contributed by atoms with Crippen LogP contribution in [0.2, 0.25) is 25.7 Å². The maximum absolute atomic E-state index is 12.8. The minimum atomic E-state index is -1.16. The summed E-state index contributed by atoms with van der Waals surface area (Å²) in [6.07, 6.45) is 7.52. The van der Waals surface area contributed by atoms with Gasteiger partial charge in [-0.05, 0) is 45.7 Å². The molecule has 0 aromatic carbocycles. The Kier molecular flexibility index (Phi) is 8.30. The van der Waals surface area contributed by atoms with Gasteiger partial charge in [-0.1, -0.05) is 19.6 Å². The Morgan fingerprint density at radius 2 is 2.03 bits per heavy atom. The molecule has 1 atom stereocenters. The first-order valence-corrected chi connectivity index (χ1v) is 17.7. The molecule has 3 aromatic rings. The highest BCUT2D eigenvalue weighted by atomic mass is 32.1. The summed E-state index contributed by atoms with van der Waals surface area (Å²) in [6, 6.07) is 3.29. The zero-order valence-corrected chi connectivity index (χ0v) is 25.1. The van der Waals surface area contributed by atoms with Crippen molar-refractivity contribution in [3.8, 4) is 10.6 Å². The maximum Gasteiger partial charge on any atom is 0.410 e. The van der Waals surface area contributed by atoms with Crippen molar-refractivity contribution >= 4 is 42.2 Å². The molecule has 0 aliphatic carbocycles. The third kappa shape index (κ3) is 6.91. The second kappa shape index (κ2) is 11.1. The Morgan fingerprint density at radius 1 is 1.24 bits per heavy atom. The van der Waals surface area contributed by atoms with E-state index in [1.54, 1.807) is 16.2 Å². The highest BCUT2D eigenvalue weighted by molar-refractivity contribution is 7.13. The van der Waals surface area contributed by atoms with Crippen LogP contribution in [-0.4, -0.2) is 72.0 Å². The van der Waals surface area contributed by atoms with Crippen LogP contribution in [-0.2, 0) is 16.2 Å². The van der Waals surface area contributed by atoms with Crippen LogP contribution in [0.3, 0.4) is 0 Å². The average molecular weight is 544 g/mol. The topological polar surface area (TPSA) is 72.7 Å². The number of anilines is 1. The molecule has 1 saturated heterocycles. The molecule has 1 aliphatic rings. The molecule has 1 fully saturated rings. The third-order valence-electron chi connectivity index (χ3n) is 6.59. The number of carbonyl (C=O) groups is 1. The van der Waals surface area contributed by atoms with Crippen molar-refractivity contribution in [2.24, 2.45) is 0 Å². The van der Waals surface area contributed by atoms with Gasteiger partial charge in [-0.3, -0.25) is 0 Å². The number of rotatable bonds is 8. The second-order valence-electron chi connectivity index (χ2n) is 12.1. The van der Waals surface area contributed by atoms with E-state index in [1.807, 2.05) is 45.6 Å². The summed E-state index contributed by atoms with van der Waals surface area (Å²) in [5.74, 6) is 0. The number of pyridine rings is 1. The molecule has 1 aliphatic heterocycles. The first-order chi connectivity index (χ1) is 17.4. The van der Waals surface area contributed by atoms with Gasteiger partial charge in [0.1, 0.15) is 23.0 Å². The smallest absolute Gasteiger partial charge is 0.410 e. The molecule has 37 heavy (non-hydrogen) atoms. The first kappa shape index (κ1) is 27.6. The van der Waals surface area contributed by atoms with E-state index in [2.05, 4.69) is 46.4 Å². The van der Waals surface area contributed by atoms with Gasteiger partial charge in [0.25, 0.3) is 0 Å². The molecule has 0 bridgehead atoms. The lowest BCUT2D eigenvalue weighted by molar-refractivity contribution is 0.0210. The Morgan fingerprint density at radius 3 is 2.70 bits per heavy atom. The summed E-state index contributed by atoms with van der Waals surface area (Å²) in [6.45, 7) is 15.7. The molecule has 0 radical (unpaired) electrons. The minimum Gasteiger partial charge on any atom is -0.444 e. The van der Waals surface area contributed by atoms with Gasteiger partial charge < -0.3 is 23.8 Å². The van der Waals surface area contributed by atoms with E-state index in [-0.39, 0.29) is 12.1 Å². The molecule has 0 unspecified atom stereocenters. The summed E-state index contributed by atoms with van der Waals surface area (Å²) in [5.41, 5.74) is 2.58. The van der Waals surface area contributed by atoms with Gasteiger partial charge in [0, 0.05) is 64.4 Å². The number of likely N-dealkylation sites (N-methyl/N-ethyl adjacent to an activating group) is 1. The fourth-order valence-electron chi connectivity index (χ4n) is 4.59. The number of nitrogens with zero attached hydrogens (tertiary/aromatic N) is 5. The predicted molar refractivity (Wildman–Crippen MR) is 154 cm³/mol. The van der Waals surface area contributed by atoms with Crippen molar-refractivity contribution in [3.05, 3.63) is 30.0 Å². The quantitative estimate of drug-likeness (QED) is 0.245. The highest BCUT2D eigenvalue weighted by Crippen LogP contribution is 2.38. The lowest BCUT2D eigenvalue weighted by Gasteiger charge is -2.39. The van der Waals surface area contributed by atoms with Crippen LogP contribution in [0, 0.1) is 0 Å². The Bertz CT molecular complexity index is 1200. The second-order valence-corrected chi connectivity index (χ2v) is 18.6. The molecule has 10 heteroatoms. The standard InChI is InChI=1S/C27H41N5O3SSi/c1-27(2,3)35-26(33)30(4)20-9-8-13-31(17-20)22-10-11-28-24-23(22)21(25-29-12-15-36-25)18-32(24)19-34-14-16-37(5,6)7/h10-12,15,18,20H,8-9,13-14,16-17,19H2,1-7H3/t20-/m0/s1. The number of ether oxygens (including phenoxy) is 2. The van der Waals surface area contributed by atoms with Crippen LogP contribution in [0.5, 0.6) is 0 Å². The van der Waals surface area contributed by atoms with Crippen molar-refractivity contribution in [2.75, 3.05) is 31.6 Å². The van der Waals surface area contributed by atoms with Crippen LogP contribution in [0.25, 0.3) is 21.6 Å². The van der Waals surface area contributed by atoms with Gasteiger partial charge in [0.15, 0.2) is 0 Å². The number of hydrogen-bond donors (Lipinski definition) is 0. The molecular weight excluding hydrogens is 502 g/mol. The van der Waals surface area contributed by atoms with Gasteiger partial charge in [-0.2, -0.15) is 0 Å². The fourth-order valence-corrected chi connectivity index (χ4v) is 6.00. The number of thiazole rings is 1. The molecule has 4 heterocycles. The van der Waals surface area contributed by atoms with E-state index in [9.17, 15) is 4.79 Å². The summed E-state index contributed by atoms with van der Waals surface area (Å²) in [5, 5.41) is 4.07. The van der Waals surface area contributed by atoms with Crippen molar-refractivity contribution in [3.63, 3.8) is 0 Å².